The molecule has 0 amide bonds. The first kappa shape index (κ1) is 13.9. The molecule has 2 heterocycles. The summed E-state index contributed by atoms with van der Waals surface area (Å²) in [5.41, 5.74) is 6.27. The molecule has 106 valence electrons. The van der Waals surface area contributed by atoms with Crippen molar-refractivity contribution in [2.75, 3.05) is 35.6 Å². The van der Waals surface area contributed by atoms with Crippen LogP contribution in [-0.2, 0) is 0 Å². The van der Waals surface area contributed by atoms with Gasteiger partial charge in [0.15, 0.2) is 0 Å². The van der Waals surface area contributed by atoms with Gasteiger partial charge in [-0.3, -0.25) is 0 Å². The first-order chi connectivity index (χ1) is 9.06. The van der Waals surface area contributed by atoms with Crippen molar-refractivity contribution in [3.8, 4) is 0 Å². The van der Waals surface area contributed by atoms with Crippen molar-refractivity contribution in [1.82, 2.24) is 9.97 Å². The van der Waals surface area contributed by atoms with Crippen LogP contribution in [0.4, 0.5) is 17.6 Å². The van der Waals surface area contributed by atoms with Crippen LogP contribution in [0.2, 0.25) is 0 Å². The number of rotatable bonds is 4. The SMILES string of the molecule is CCNc1cc(N2CCC(C)(CC)CC2)nc(N)n1. The summed E-state index contributed by atoms with van der Waals surface area (Å²) >= 11 is 0. The van der Waals surface area contributed by atoms with Gasteiger partial charge >= 0.3 is 0 Å². The molecule has 5 nitrogen and oxygen atoms in total. The maximum atomic E-state index is 5.79. The molecule has 1 aliphatic heterocycles. The molecule has 0 aliphatic carbocycles. The van der Waals surface area contributed by atoms with Crippen molar-refractivity contribution in [3.63, 3.8) is 0 Å². The third kappa shape index (κ3) is 3.28. The van der Waals surface area contributed by atoms with Crippen LogP contribution >= 0.6 is 0 Å². The van der Waals surface area contributed by atoms with Gasteiger partial charge in [0.05, 0.1) is 0 Å². The van der Waals surface area contributed by atoms with E-state index in [1.54, 1.807) is 0 Å². The van der Waals surface area contributed by atoms with Gasteiger partial charge in [-0.15, -0.1) is 0 Å². The second-order valence-electron chi connectivity index (χ2n) is 5.65. The van der Waals surface area contributed by atoms with Crippen LogP contribution in [0.15, 0.2) is 6.07 Å². The number of hydrogen-bond donors (Lipinski definition) is 2. The van der Waals surface area contributed by atoms with Gasteiger partial charge in [0.25, 0.3) is 0 Å². The van der Waals surface area contributed by atoms with Crippen LogP contribution in [0.5, 0.6) is 0 Å². The van der Waals surface area contributed by atoms with Crippen molar-refractivity contribution in [3.05, 3.63) is 6.07 Å². The summed E-state index contributed by atoms with van der Waals surface area (Å²) in [5, 5.41) is 3.20. The third-order valence-corrected chi connectivity index (χ3v) is 4.24. The predicted octanol–water partition coefficient (Wildman–Crippen LogP) is 2.51. The molecule has 1 aromatic heterocycles. The average Bonchev–Trinajstić information content (AvgIpc) is 2.39. The number of nitrogens with zero attached hydrogens (tertiary/aromatic N) is 3. The van der Waals surface area contributed by atoms with Crippen molar-refractivity contribution in [2.45, 2.75) is 40.0 Å². The largest absolute Gasteiger partial charge is 0.370 e. The molecule has 1 fully saturated rings. The van der Waals surface area contributed by atoms with E-state index >= 15 is 0 Å². The fraction of sp³-hybridized carbons (Fsp3) is 0.714. The number of nitrogens with one attached hydrogen (secondary N) is 1. The smallest absolute Gasteiger partial charge is 0.223 e. The molecule has 0 aromatic carbocycles. The van der Waals surface area contributed by atoms with E-state index in [2.05, 4.69) is 34.0 Å². The van der Waals surface area contributed by atoms with E-state index in [4.69, 9.17) is 5.73 Å². The Morgan fingerprint density at radius 2 is 2.00 bits per heavy atom. The minimum absolute atomic E-state index is 0.345. The molecule has 0 atom stereocenters. The van der Waals surface area contributed by atoms with E-state index in [-0.39, 0.29) is 0 Å². The minimum Gasteiger partial charge on any atom is -0.370 e. The van der Waals surface area contributed by atoms with E-state index in [1.807, 2.05) is 13.0 Å². The Balaban J connectivity index is 2.10. The highest BCUT2D eigenvalue weighted by atomic mass is 15.2. The summed E-state index contributed by atoms with van der Waals surface area (Å²) < 4.78 is 0. The van der Waals surface area contributed by atoms with Gasteiger partial charge in [-0.25, -0.2) is 0 Å². The van der Waals surface area contributed by atoms with E-state index in [9.17, 15) is 0 Å². The van der Waals surface area contributed by atoms with E-state index < -0.39 is 0 Å². The summed E-state index contributed by atoms with van der Waals surface area (Å²) in [5.74, 6) is 2.10. The van der Waals surface area contributed by atoms with Crippen LogP contribution in [-0.4, -0.2) is 29.6 Å². The van der Waals surface area contributed by atoms with Crippen LogP contribution in [0, 0.1) is 5.41 Å². The van der Waals surface area contributed by atoms with Gasteiger partial charge in [0.1, 0.15) is 11.6 Å². The van der Waals surface area contributed by atoms with Gasteiger partial charge in [0.2, 0.25) is 5.95 Å². The predicted molar refractivity (Wildman–Crippen MR) is 80.5 cm³/mol. The second kappa shape index (κ2) is 5.63. The molecule has 19 heavy (non-hydrogen) atoms. The Hall–Kier alpha value is -1.52. The summed E-state index contributed by atoms with van der Waals surface area (Å²) in [4.78, 5) is 10.9. The fourth-order valence-corrected chi connectivity index (χ4v) is 2.52. The van der Waals surface area contributed by atoms with E-state index in [0.29, 0.717) is 11.4 Å². The molecule has 2 rings (SSSR count). The molecule has 0 saturated carbocycles. The maximum Gasteiger partial charge on any atom is 0.223 e. The Kier molecular flexibility index (Phi) is 4.12. The normalized spacial score (nSPS) is 18.4. The highest BCUT2D eigenvalue weighted by Crippen LogP contribution is 2.35. The highest BCUT2D eigenvalue weighted by Gasteiger charge is 2.28. The maximum absolute atomic E-state index is 5.79. The monoisotopic (exact) mass is 263 g/mol. The quantitative estimate of drug-likeness (QED) is 0.873. The molecule has 0 spiro atoms. The Morgan fingerprint density at radius 1 is 1.32 bits per heavy atom. The summed E-state index contributed by atoms with van der Waals surface area (Å²) in [6, 6.07) is 1.99. The molecular weight excluding hydrogens is 238 g/mol. The summed E-state index contributed by atoms with van der Waals surface area (Å²) in [6.45, 7) is 9.64. The van der Waals surface area contributed by atoms with Gasteiger partial charge in [-0.1, -0.05) is 20.3 Å². The Morgan fingerprint density at radius 3 is 2.58 bits per heavy atom. The zero-order valence-corrected chi connectivity index (χ0v) is 12.2. The number of hydrogen-bond acceptors (Lipinski definition) is 5. The lowest BCUT2D eigenvalue weighted by Crippen LogP contribution is -2.39. The fourth-order valence-electron chi connectivity index (χ4n) is 2.52. The van der Waals surface area contributed by atoms with E-state index in [0.717, 1.165) is 31.3 Å². The molecule has 1 aromatic rings. The molecule has 3 N–H and O–H groups in total. The molecule has 0 bridgehead atoms. The zero-order valence-electron chi connectivity index (χ0n) is 12.2. The molecule has 0 radical (unpaired) electrons. The van der Waals surface area contributed by atoms with E-state index in [1.165, 1.54) is 19.3 Å². The number of anilines is 3. The van der Waals surface area contributed by atoms with Gasteiger partial charge < -0.3 is 16.0 Å². The van der Waals surface area contributed by atoms with Gasteiger partial charge in [-0.05, 0) is 25.2 Å². The number of aromatic nitrogens is 2. The Bertz CT molecular complexity index is 424. The summed E-state index contributed by atoms with van der Waals surface area (Å²) in [7, 11) is 0. The number of nitrogens with two attached hydrogens (primary N) is 1. The molecule has 1 aliphatic rings. The van der Waals surface area contributed by atoms with Crippen LogP contribution in [0.1, 0.15) is 40.0 Å². The topological polar surface area (TPSA) is 67.1 Å². The number of piperidine rings is 1. The minimum atomic E-state index is 0.345. The standard InChI is InChI=1S/C14H25N5/c1-4-14(3)6-8-19(9-7-14)12-10-11(16-5-2)17-13(15)18-12/h10H,4-9H2,1-3H3,(H3,15,16,17,18). The average molecular weight is 263 g/mol. The molecule has 5 heteroatoms. The van der Waals surface area contributed by atoms with Crippen molar-refractivity contribution < 1.29 is 0 Å². The molecular formula is C14H25N5. The summed E-state index contributed by atoms with van der Waals surface area (Å²) in [6.07, 6.45) is 3.67. The molecule has 1 saturated heterocycles. The van der Waals surface area contributed by atoms with Crippen LogP contribution in [0.25, 0.3) is 0 Å². The second-order valence-corrected chi connectivity index (χ2v) is 5.65. The lowest BCUT2D eigenvalue weighted by atomic mass is 9.78. The number of nitrogen functional groups attached to an aromatic ring is 1. The highest BCUT2D eigenvalue weighted by molar-refractivity contribution is 5.52. The van der Waals surface area contributed by atoms with Crippen molar-refractivity contribution in [1.29, 1.82) is 0 Å². The molecule has 0 unspecified atom stereocenters. The van der Waals surface area contributed by atoms with Crippen molar-refractivity contribution in [2.24, 2.45) is 5.41 Å². The zero-order chi connectivity index (χ0) is 13.9. The first-order valence-corrected chi connectivity index (χ1v) is 7.19. The first-order valence-electron chi connectivity index (χ1n) is 7.19. The Labute approximate surface area is 115 Å². The van der Waals surface area contributed by atoms with Crippen LogP contribution in [0.3, 0.4) is 0 Å². The van der Waals surface area contributed by atoms with Crippen LogP contribution < -0.4 is 16.0 Å². The third-order valence-electron chi connectivity index (χ3n) is 4.24. The lowest BCUT2D eigenvalue weighted by Gasteiger charge is -2.39. The lowest BCUT2D eigenvalue weighted by molar-refractivity contribution is 0.238. The van der Waals surface area contributed by atoms with Crippen molar-refractivity contribution >= 4 is 17.6 Å². The van der Waals surface area contributed by atoms with Gasteiger partial charge in [0, 0.05) is 25.7 Å². The van der Waals surface area contributed by atoms with Gasteiger partial charge in [-0.2, -0.15) is 9.97 Å².